The number of carbonyl (C=O) groups excluding carboxylic acids is 4. The van der Waals surface area contributed by atoms with Crippen molar-refractivity contribution in [2.24, 2.45) is 11.8 Å². The summed E-state index contributed by atoms with van der Waals surface area (Å²) in [5.74, 6) is -5.54. The maximum Gasteiger partial charge on any atom is 0.328 e. The number of ether oxygens (including phenoxy) is 3. The lowest BCUT2D eigenvalue weighted by molar-refractivity contribution is -0.162. The fourth-order valence-corrected chi connectivity index (χ4v) is 2.23. The molecule has 9 nitrogen and oxygen atoms in total. The van der Waals surface area contributed by atoms with Crippen molar-refractivity contribution in [2.45, 2.75) is 13.0 Å². The summed E-state index contributed by atoms with van der Waals surface area (Å²) in [6.07, 6.45) is 2.83. The van der Waals surface area contributed by atoms with Crippen LogP contribution in [0.3, 0.4) is 0 Å². The van der Waals surface area contributed by atoms with Crippen LogP contribution in [0.15, 0.2) is 24.5 Å². The number of nitrogens with one attached hydrogen (secondary N) is 1. The molecular formula is C16H20N2O7. The summed E-state index contributed by atoms with van der Waals surface area (Å²) in [7, 11) is 3.34. The number of carbonyl (C=O) groups is 4. The Morgan fingerprint density at radius 2 is 1.40 bits per heavy atom. The highest BCUT2D eigenvalue weighted by Gasteiger charge is 2.42. The van der Waals surface area contributed by atoms with Gasteiger partial charge in [-0.2, -0.15) is 0 Å². The van der Waals surface area contributed by atoms with Crippen LogP contribution in [0.5, 0.6) is 0 Å². The van der Waals surface area contributed by atoms with Gasteiger partial charge in [-0.1, -0.05) is 6.92 Å². The van der Waals surface area contributed by atoms with Gasteiger partial charge in [0.15, 0.2) is 5.92 Å². The van der Waals surface area contributed by atoms with E-state index in [1.54, 1.807) is 0 Å². The number of amides is 1. The van der Waals surface area contributed by atoms with E-state index in [1.807, 2.05) is 0 Å². The van der Waals surface area contributed by atoms with Crippen LogP contribution < -0.4 is 5.32 Å². The van der Waals surface area contributed by atoms with Crippen molar-refractivity contribution in [2.75, 3.05) is 21.3 Å². The van der Waals surface area contributed by atoms with E-state index in [0.29, 0.717) is 0 Å². The SMILES string of the molecule is COC(=O)C(C(=O)OC)[C@H](C)[C@@H](NC(=O)c1ccncc1)C(=O)OC. The Bertz CT molecular complexity index is 617. The van der Waals surface area contributed by atoms with E-state index >= 15 is 0 Å². The molecule has 1 rings (SSSR count). The van der Waals surface area contributed by atoms with Gasteiger partial charge in [-0.3, -0.25) is 19.4 Å². The van der Waals surface area contributed by atoms with Crippen molar-refractivity contribution in [3.63, 3.8) is 0 Å². The molecule has 0 radical (unpaired) electrons. The first-order chi connectivity index (χ1) is 11.9. The Morgan fingerprint density at radius 3 is 1.84 bits per heavy atom. The molecule has 0 aliphatic heterocycles. The molecule has 1 N–H and O–H groups in total. The van der Waals surface area contributed by atoms with Crippen LogP contribution >= 0.6 is 0 Å². The number of nitrogens with zero attached hydrogens (tertiary/aromatic N) is 1. The molecule has 0 saturated carbocycles. The van der Waals surface area contributed by atoms with Gasteiger partial charge in [0.25, 0.3) is 5.91 Å². The molecular weight excluding hydrogens is 332 g/mol. The Hall–Kier alpha value is -2.97. The maximum atomic E-state index is 12.3. The number of methoxy groups -OCH3 is 3. The molecule has 0 bridgehead atoms. The van der Waals surface area contributed by atoms with Crippen LogP contribution in [-0.2, 0) is 28.6 Å². The number of aromatic nitrogens is 1. The van der Waals surface area contributed by atoms with Crippen molar-refractivity contribution < 1.29 is 33.4 Å². The van der Waals surface area contributed by atoms with Gasteiger partial charge in [0, 0.05) is 23.9 Å². The highest BCUT2D eigenvalue weighted by atomic mass is 16.5. The van der Waals surface area contributed by atoms with Gasteiger partial charge in [0.05, 0.1) is 21.3 Å². The Labute approximate surface area is 144 Å². The molecule has 0 unspecified atom stereocenters. The van der Waals surface area contributed by atoms with Gasteiger partial charge < -0.3 is 19.5 Å². The molecule has 0 saturated heterocycles. The summed E-state index contributed by atoms with van der Waals surface area (Å²) in [6, 6.07) is 1.63. The first-order valence-electron chi connectivity index (χ1n) is 7.31. The summed E-state index contributed by atoms with van der Waals surface area (Å²) in [5, 5.41) is 2.47. The lowest BCUT2D eigenvalue weighted by Gasteiger charge is -2.27. The van der Waals surface area contributed by atoms with E-state index in [-0.39, 0.29) is 5.56 Å². The Kier molecular flexibility index (Phi) is 7.51. The van der Waals surface area contributed by atoms with Gasteiger partial charge in [0.2, 0.25) is 0 Å². The largest absolute Gasteiger partial charge is 0.468 e. The number of rotatable bonds is 7. The van der Waals surface area contributed by atoms with Crippen molar-refractivity contribution in [1.29, 1.82) is 0 Å². The summed E-state index contributed by atoms with van der Waals surface area (Å²) in [4.78, 5) is 52.0. The van der Waals surface area contributed by atoms with Crippen molar-refractivity contribution in [3.8, 4) is 0 Å². The van der Waals surface area contributed by atoms with Gasteiger partial charge in [-0.15, -0.1) is 0 Å². The highest BCUT2D eigenvalue weighted by Crippen LogP contribution is 2.20. The quantitative estimate of drug-likeness (QED) is 0.412. The third kappa shape index (κ3) is 5.00. The lowest BCUT2D eigenvalue weighted by atomic mass is 9.87. The predicted octanol–water partition coefficient (Wildman–Crippen LogP) is -0.0487. The van der Waals surface area contributed by atoms with E-state index < -0.39 is 41.7 Å². The van der Waals surface area contributed by atoms with E-state index in [9.17, 15) is 19.2 Å². The zero-order valence-electron chi connectivity index (χ0n) is 14.3. The van der Waals surface area contributed by atoms with E-state index in [1.165, 1.54) is 31.5 Å². The predicted molar refractivity (Wildman–Crippen MR) is 84.2 cm³/mol. The molecule has 9 heteroatoms. The highest BCUT2D eigenvalue weighted by molar-refractivity contribution is 5.98. The average molecular weight is 352 g/mol. The smallest absolute Gasteiger partial charge is 0.328 e. The summed E-state index contributed by atoms with van der Waals surface area (Å²) < 4.78 is 13.9. The van der Waals surface area contributed by atoms with Crippen LogP contribution in [0.25, 0.3) is 0 Å². The molecule has 1 heterocycles. The van der Waals surface area contributed by atoms with E-state index in [4.69, 9.17) is 0 Å². The van der Waals surface area contributed by atoms with Gasteiger partial charge in [-0.25, -0.2) is 4.79 Å². The molecule has 0 aromatic carbocycles. The minimum atomic E-state index is -1.41. The third-order valence-corrected chi connectivity index (χ3v) is 3.65. The maximum absolute atomic E-state index is 12.3. The molecule has 0 fully saturated rings. The van der Waals surface area contributed by atoms with Crippen molar-refractivity contribution in [3.05, 3.63) is 30.1 Å². The van der Waals surface area contributed by atoms with Crippen molar-refractivity contribution >= 4 is 23.8 Å². The van der Waals surface area contributed by atoms with Gasteiger partial charge >= 0.3 is 17.9 Å². The molecule has 1 amide bonds. The minimum absolute atomic E-state index is 0.254. The number of hydrogen-bond donors (Lipinski definition) is 1. The van der Waals surface area contributed by atoms with E-state index in [0.717, 1.165) is 21.3 Å². The van der Waals surface area contributed by atoms with Crippen molar-refractivity contribution in [1.82, 2.24) is 10.3 Å². The second-order valence-corrected chi connectivity index (χ2v) is 5.09. The molecule has 136 valence electrons. The number of pyridine rings is 1. The zero-order chi connectivity index (χ0) is 19.0. The fraction of sp³-hybridized carbons (Fsp3) is 0.438. The van der Waals surface area contributed by atoms with Gasteiger partial charge in [-0.05, 0) is 12.1 Å². The summed E-state index contributed by atoms with van der Waals surface area (Å²) in [6.45, 7) is 1.44. The topological polar surface area (TPSA) is 121 Å². The third-order valence-electron chi connectivity index (χ3n) is 3.65. The first kappa shape index (κ1) is 20.1. The van der Waals surface area contributed by atoms with Crippen LogP contribution in [0, 0.1) is 11.8 Å². The van der Waals surface area contributed by atoms with Crippen LogP contribution in [0.2, 0.25) is 0 Å². The van der Waals surface area contributed by atoms with Crippen LogP contribution in [0.4, 0.5) is 0 Å². The lowest BCUT2D eigenvalue weighted by Crippen LogP contribution is -2.51. The zero-order valence-corrected chi connectivity index (χ0v) is 14.3. The Morgan fingerprint density at radius 1 is 0.920 bits per heavy atom. The normalized spacial score (nSPS) is 12.7. The Balaban J connectivity index is 3.11. The summed E-state index contributed by atoms with van der Waals surface area (Å²) in [5.41, 5.74) is 0.254. The second kappa shape index (κ2) is 9.36. The second-order valence-electron chi connectivity index (χ2n) is 5.09. The first-order valence-corrected chi connectivity index (χ1v) is 7.31. The van der Waals surface area contributed by atoms with E-state index in [2.05, 4.69) is 24.5 Å². The van der Waals surface area contributed by atoms with Crippen LogP contribution in [-0.4, -0.2) is 56.2 Å². The standard InChI is InChI=1S/C16H20N2O7/c1-9(11(14(20)23-2)15(21)24-3)12(16(22)25-4)18-13(19)10-5-7-17-8-6-10/h5-9,11-12H,1-4H3,(H,18,19)/t9-,12+/m0/s1. The summed E-state index contributed by atoms with van der Waals surface area (Å²) >= 11 is 0. The van der Waals surface area contributed by atoms with Gasteiger partial charge in [0.1, 0.15) is 6.04 Å². The monoisotopic (exact) mass is 352 g/mol. The number of hydrogen-bond acceptors (Lipinski definition) is 8. The molecule has 0 aliphatic rings. The average Bonchev–Trinajstić information content (AvgIpc) is 2.65. The molecule has 1 aromatic heterocycles. The fourth-order valence-electron chi connectivity index (χ4n) is 2.23. The molecule has 0 aliphatic carbocycles. The molecule has 25 heavy (non-hydrogen) atoms. The van der Waals surface area contributed by atoms with Crippen LogP contribution in [0.1, 0.15) is 17.3 Å². The minimum Gasteiger partial charge on any atom is -0.468 e. The molecule has 1 aromatic rings. The molecule has 0 spiro atoms. The number of esters is 3. The molecule has 2 atom stereocenters.